The molecule has 2 fully saturated rings. The minimum atomic E-state index is -0.0569. The quantitative estimate of drug-likeness (QED) is 0.363. The van der Waals surface area contributed by atoms with Gasteiger partial charge in [0.1, 0.15) is 11.9 Å². The first-order chi connectivity index (χ1) is 19.3. The van der Waals surface area contributed by atoms with Crippen molar-refractivity contribution >= 4 is 5.91 Å². The molecule has 0 radical (unpaired) electrons. The molecule has 0 spiro atoms. The number of piperidine rings is 1. The van der Waals surface area contributed by atoms with Crippen LogP contribution >= 0.6 is 0 Å². The minimum Gasteiger partial charge on any atom is -0.489 e. The van der Waals surface area contributed by atoms with E-state index in [1.807, 2.05) is 24.3 Å². The third-order valence-corrected chi connectivity index (χ3v) is 7.84. The number of nitrogens with one attached hydrogen (secondary N) is 1. The highest BCUT2D eigenvalue weighted by Gasteiger charge is 2.25. The van der Waals surface area contributed by atoms with Gasteiger partial charge in [0.05, 0.1) is 18.8 Å². The van der Waals surface area contributed by atoms with Gasteiger partial charge in [-0.3, -0.25) is 9.69 Å². The van der Waals surface area contributed by atoms with Gasteiger partial charge in [-0.05, 0) is 49.1 Å². The predicted octanol–water partition coefficient (Wildman–Crippen LogP) is 4.81. The molecule has 2 saturated heterocycles. The Morgan fingerprint density at radius 3 is 2.10 bits per heavy atom. The SMILES string of the molecule is O=C(NCCCN1CCOCC1)c1ccccc1OC1CCN(CC(c2ccccc2)c2ccccc2)CC1. The summed E-state index contributed by atoms with van der Waals surface area (Å²) in [7, 11) is 0. The number of likely N-dealkylation sites (tertiary alicyclic amines) is 1. The van der Waals surface area contributed by atoms with E-state index >= 15 is 0 Å². The van der Waals surface area contributed by atoms with Crippen molar-refractivity contribution in [3.05, 3.63) is 102 Å². The fraction of sp³-hybridized carbons (Fsp3) is 0.424. The molecule has 0 aromatic heterocycles. The lowest BCUT2D eigenvalue weighted by Gasteiger charge is -2.35. The van der Waals surface area contributed by atoms with Gasteiger partial charge < -0.3 is 19.7 Å². The summed E-state index contributed by atoms with van der Waals surface area (Å²) >= 11 is 0. The maximum Gasteiger partial charge on any atom is 0.255 e. The zero-order chi connectivity index (χ0) is 26.7. The van der Waals surface area contributed by atoms with Crippen LogP contribution in [0, 0.1) is 0 Å². The van der Waals surface area contributed by atoms with E-state index in [0.717, 1.165) is 71.7 Å². The number of rotatable bonds is 11. The molecule has 1 amide bonds. The summed E-state index contributed by atoms with van der Waals surface area (Å²) in [5.74, 6) is 0.976. The molecule has 0 bridgehead atoms. The van der Waals surface area contributed by atoms with Crippen molar-refractivity contribution in [1.82, 2.24) is 15.1 Å². The van der Waals surface area contributed by atoms with Gasteiger partial charge in [-0.1, -0.05) is 72.8 Å². The van der Waals surface area contributed by atoms with Crippen molar-refractivity contribution < 1.29 is 14.3 Å². The van der Waals surface area contributed by atoms with Crippen LogP contribution in [0.1, 0.15) is 46.7 Å². The fourth-order valence-electron chi connectivity index (χ4n) is 5.60. The van der Waals surface area contributed by atoms with Crippen molar-refractivity contribution in [1.29, 1.82) is 0 Å². The molecule has 0 aliphatic carbocycles. The number of carbonyl (C=O) groups is 1. The molecular weight excluding hydrogens is 486 g/mol. The van der Waals surface area contributed by atoms with Gasteiger partial charge in [-0.25, -0.2) is 0 Å². The first-order valence-electron chi connectivity index (χ1n) is 14.4. The van der Waals surface area contributed by atoms with Gasteiger partial charge in [0.25, 0.3) is 5.91 Å². The van der Waals surface area contributed by atoms with Crippen molar-refractivity contribution in [3.63, 3.8) is 0 Å². The van der Waals surface area contributed by atoms with E-state index < -0.39 is 0 Å². The number of hydrogen-bond donors (Lipinski definition) is 1. The molecule has 6 nitrogen and oxygen atoms in total. The molecule has 2 aliphatic heterocycles. The van der Waals surface area contributed by atoms with E-state index in [4.69, 9.17) is 9.47 Å². The molecule has 0 unspecified atom stereocenters. The van der Waals surface area contributed by atoms with Crippen molar-refractivity contribution in [2.24, 2.45) is 0 Å². The average molecular weight is 528 g/mol. The smallest absolute Gasteiger partial charge is 0.255 e. The summed E-state index contributed by atoms with van der Waals surface area (Å²) < 4.78 is 11.8. The van der Waals surface area contributed by atoms with Gasteiger partial charge in [0.2, 0.25) is 0 Å². The number of ether oxygens (including phenoxy) is 2. The molecular formula is C33H41N3O3. The van der Waals surface area contributed by atoms with E-state index in [1.54, 1.807) is 0 Å². The average Bonchev–Trinajstić information content (AvgIpc) is 3.00. The zero-order valence-electron chi connectivity index (χ0n) is 22.8. The van der Waals surface area contributed by atoms with E-state index in [2.05, 4.69) is 75.8 Å². The number of para-hydroxylation sites is 1. The lowest BCUT2D eigenvalue weighted by molar-refractivity contribution is 0.0374. The minimum absolute atomic E-state index is 0.0569. The maximum atomic E-state index is 13.0. The van der Waals surface area contributed by atoms with Gasteiger partial charge in [-0.2, -0.15) is 0 Å². The van der Waals surface area contributed by atoms with Crippen molar-refractivity contribution in [2.75, 3.05) is 59.0 Å². The van der Waals surface area contributed by atoms with Crippen molar-refractivity contribution in [3.8, 4) is 5.75 Å². The Morgan fingerprint density at radius 2 is 1.44 bits per heavy atom. The summed E-state index contributed by atoms with van der Waals surface area (Å²) in [4.78, 5) is 17.9. The molecule has 6 heteroatoms. The highest BCUT2D eigenvalue weighted by molar-refractivity contribution is 5.96. The van der Waals surface area contributed by atoms with Gasteiger partial charge in [0, 0.05) is 45.2 Å². The number of hydrogen-bond acceptors (Lipinski definition) is 5. The lowest BCUT2D eigenvalue weighted by atomic mass is 9.90. The van der Waals surface area contributed by atoms with Crippen LogP contribution in [0.4, 0.5) is 0 Å². The van der Waals surface area contributed by atoms with Crippen LogP contribution < -0.4 is 10.1 Å². The summed E-state index contributed by atoms with van der Waals surface area (Å²) in [6, 6.07) is 29.3. The summed E-state index contributed by atoms with van der Waals surface area (Å²) in [5, 5.41) is 3.09. The highest BCUT2D eigenvalue weighted by Crippen LogP contribution is 2.28. The molecule has 0 atom stereocenters. The Hall–Kier alpha value is -3.19. The molecule has 2 heterocycles. The second-order valence-electron chi connectivity index (χ2n) is 10.6. The van der Waals surface area contributed by atoms with Crippen LogP contribution in [0.25, 0.3) is 0 Å². The van der Waals surface area contributed by atoms with E-state index in [-0.39, 0.29) is 12.0 Å². The first-order valence-corrected chi connectivity index (χ1v) is 14.4. The Balaban J connectivity index is 1.12. The maximum absolute atomic E-state index is 13.0. The van der Waals surface area contributed by atoms with Crippen LogP contribution in [0.2, 0.25) is 0 Å². The molecule has 2 aliphatic rings. The second kappa shape index (κ2) is 14.3. The van der Waals surface area contributed by atoms with Crippen LogP contribution in [-0.2, 0) is 4.74 Å². The van der Waals surface area contributed by atoms with E-state index in [9.17, 15) is 4.79 Å². The number of benzene rings is 3. The standard InChI is InChI=1S/C33H41N3O3/c37-33(34-18-9-19-35-22-24-38-25-23-35)30-14-7-8-15-32(30)39-29-16-20-36(21-17-29)26-31(27-10-3-1-4-11-27)28-12-5-2-6-13-28/h1-8,10-15,29,31H,9,16-26H2,(H,34,37). The Bertz CT molecular complexity index is 1100. The lowest BCUT2D eigenvalue weighted by Crippen LogP contribution is -2.40. The monoisotopic (exact) mass is 527 g/mol. The van der Waals surface area contributed by atoms with Crippen molar-refractivity contribution in [2.45, 2.75) is 31.3 Å². The van der Waals surface area contributed by atoms with Crippen LogP contribution in [0.5, 0.6) is 5.75 Å². The van der Waals surface area contributed by atoms with Crippen LogP contribution in [0.15, 0.2) is 84.9 Å². The molecule has 3 aromatic carbocycles. The van der Waals surface area contributed by atoms with Gasteiger partial charge in [-0.15, -0.1) is 0 Å². The summed E-state index contributed by atoms with van der Waals surface area (Å²) in [5.41, 5.74) is 3.33. The largest absolute Gasteiger partial charge is 0.489 e. The normalized spacial score (nSPS) is 17.3. The molecule has 0 saturated carbocycles. The molecule has 39 heavy (non-hydrogen) atoms. The Kier molecular flexibility index (Phi) is 10.0. The second-order valence-corrected chi connectivity index (χ2v) is 10.6. The summed E-state index contributed by atoms with van der Waals surface area (Å²) in [6.45, 7) is 8.15. The van der Waals surface area contributed by atoms with Gasteiger partial charge in [0.15, 0.2) is 0 Å². The third-order valence-electron chi connectivity index (χ3n) is 7.84. The van der Waals surface area contributed by atoms with Gasteiger partial charge >= 0.3 is 0 Å². The number of morpholine rings is 1. The molecule has 5 rings (SSSR count). The van der Waals surface area contributed by atoms with Crippen LogP contribution in [-0.4, -0.2) is 80.8 Å². The third kappa shape index (κ3) is 7.91. The molecule has 1 N–H and O–H groups in total. The zero-order valence-corrected chi connectivity index (χ0v) is 22.8. The highest BCUT2D eigenvalue weighted by atomic mass is 16.5. The Labute approximate surface area is 232 Å². The summed E-state index contributed by atoms with van der Waals surface area (Å²) in [6.07, 6.45) is 2.95. The molecule has 206 valence electrons. The topological polar surface area (TPSA) is 54.0 Å². The fourth-order valence-corrected chi connectivity index (χ4v) is 5.60. The van der Waals surface area contributed by atoms with Crippen LogP contribution in [0.3, 0.4) is 0 Å². The number of nitrogens with zero attached hydrogens (tertiary/aromatic N) is 2. The first kappa shape index (κ1) is 27.4. The predicted molar refractivity (Wildman–Crippen MR) is 155 cm³/mol. The number of carbonyl (C=O) groups excluding carboxylic acids is 1. The van der Waals surface area contributed by atoms with E-state index in [0.29, 0.717) is 23.8 Å². The number of amides is 1. The Morgan fingerprint density at radius 1 is 0.821 bits per heavy atom. The van der Waals surface area contributed by atoms with E-state index in [1.165, 1.54) is 11.1 Å². The molecule has 3 aromatic rings.